The zero-order chi connectivity index (χ0) is 26.8. The van der Waals surface area contributed by atoms with Gasteiger partial charge < -0.3 is 19.7 Å². The second-order valence-electron chi connectivity index (χ2n) is 11.1. The summed E-state index contributed by atoms with van der Waals surface area (Å²) in [6.07, 6.45) is -0.139. The van der Waals surface area contributed by atoms with Crippen LogP contribution in [0.4, 0.5) is 4.39 Å². The molecule has 36 heavy (non-hydrogen) atoms. The maximum absolute atomic E-state index is 15.3. The van der Waals surface area contributed by atoms with E-state index in [-0.39, 0.29) is 24.2 Å². The number of carbonyl (C=O) groups is 2. The summed E-state index contributed by atoms with van der Waals surface area (Å²) in [4.78, 5) is 30.5. The maximum atomic E-state index is 15.3. The van der Waals surface area contributed by atoms with Gasteiger partial charge >= 0.3 is 5.97 Å². The van der Waals surface area contributed by atoms with Crippen molar-refractivity contribution in [2.75, 3.05) is 0 Å². The van der Waals surface area contributed by atoms with Gasteiger partial charge in [0.15, 0.2) is 6.10 Å². The number of aliphatic hydroxyl groups excluding tert-OH is 2. The number of fused-ring (bicyclic) bond motifs is 1. The van der Waals surface area contributed by atoms with E-state index >= 15 is 4.39 Å². The van der Waals surface area contributed by atoms with Crippen molar-refractivity contribution >= 4 is 29.2 Å². The SMILES string of the molecule is CC[C@H]1C(=O)C(C)(C)[C@@H](O)CC(=O)O[C@H](C(F)=Cc2csc(C)n2)CC2OC2(C)CCC[C@H](C)C1O. The third-order valence-electron chi connectivity index (χ3n) is 7.90. The van der Waals surface area contributed by atoms with Gasteiger partial charge in [-0.2, -0.15) is 0 Å². The van der Waals surface area contributed by atoms with Crippen LogP contribution in [0, 0.1) is 24.2 Å². The summed E-state index contributed by atoms with van der Waals surface area (Å²) in [5.74, 6) is -2.53. The number of hydrogen-bond donors (Lipinski definition) is 2. The standard InChI is InChI=1S/C27H40FNO6S/c1-7-18-24(32)15(2)9-8-10-27(6)22(35-27)12-20(19(28)11-17-14-36-16(3)29-17)34-23(31)13-21(30)26(4,5)25(18)33/h11,14-15,18,20-22,24,30,32H,7-10,12-13H2,1-6H3/t15-,18+,20-,21-,22?,24?,27?/m0/s1. The van der Waals surface area contributed by atoms with Gasteiger partial charge in [-0.3, -0.25) is 9.59 Å². The maximum Gasteiger partial charge on any atom is 0.309 e. The number of aryl methyl sites for hydroxylation is 1. The van der Waals surface area contributed by atoms with Gasteiger partial charge in [0.05, 0.1) is 46.5 Å². The average molecular weight is 526 g/mol. The topological polar surface area (TPSA) is 109 Å². The Kier molecular flexibility index (Phi) is 9.13. The predicted molar refractivity (Wildman–Crippen MR) is 136 cm³/mol. The van der Waals surface area contributed by atoms with E-state index in [1.807, 2.05) is 27.7 Å². The summed E-state index contributed by atoms with van der Waals surface area (Å²) in [5, 5.41) is 24.4. The molecule has 3 unspecified atom stereocenters. The Morgan fingerprint density at radius 2 is 2.00 bits per heavy atom. The number of cyclic esters (lactones) is 1. The number of ketones is 1. The Labute approximate surface area is 217 Å². The molecule has 2 N–H and O–H groups in total. The highest BCUT2D eigenvalue weighted by atomic mass is 32.1. The molecule has 0 aromatic carbocycles. The number of nitrogens with zero attached hydrogens (tertiary/aromatic N) is 1. The van der Waals surface area contributed by atoms with Gasteiger partial charge in [0.2, 0.25) is 0 Å². The van der Waals surface area contributed by atoms with Crippen molar-refractivity contribution in [2.45, 2.75) is 110 Å². The number of rotatable bonds is 3. The Morgan fingerprint density at radius 3 is 2.61 bits per heavy atom. The molecule has 7 nitrogen and oxygen atoms in total. The van der Waals surface area contributed by atoms with E-state index in [2.05, 4.69) is 4.98 Å². The van der Waals surface area contributed by atoms with Gasteiger partial charge in [-0.1, -0.05) is 34.1 Å². The van der Waals surface area contributed by atoms with Gasteiger partial charge in [0.1, 0.15) is 11.6 Å². The summed E-state index contributed by atoms with van der Waals surface area (Å²) in [5.41, 5.74) is -1.31. The number of aromatic nitrogens is 1. The Hall–Kier alpha value is -1.68. The number of carbonyl (C=O) groups excluding carboxylic acids is 2. The van der Waals surface area contributed by atoms with Gasteiger partial charge in [-0.05, 0) is 45.1 Å². The molecule has 0 bridgehead atoms. The van der Waals surface area contributed by atoms with Crippen LogP contribution < -0.4 is 0 Å². The first-order chi connectivity index (χ1) is 16.8. The van der Waals surface area contributed by atoms with Gasteiger partial charge in [0.25, 0.3) is 0 Å². The fourth-order valence-electron chi connectivity index (χ4n) is 5.09. The monoisotopic (exact) mass is 525 g/mol. The molecule has 3 heterocycles. The minimum atomic E-state index is -1.35. The van der Waals surface area contributed by atoms with E-state index in [0.29, 0.717) is 25.0 Å². The molecule has 1 aromatic heterocycles. The minimum Gasteiger partial charge on any atom is -0.455 e. The molecule has 0 amide bonds. The number of Topliss-reactive ketones (excluding diaryl/α,β-unsaturated/α-hetero) is 1. The molecule has 0 aliphatic carbocycles. The Balaban J connectivity index is 1.87. The molecule has 0 saturated carbocycles. The smallest absolute Gasteiger partial charge is 0.309 e. The summed E-state index contributed by atoms with van der Waals surface area (Å²) < 4.78 is 26.7. The molecule has 7 atom stereocenters. The first-order valence-corrected chi connectivity index (χ1v) is 13.7. The number of epoxide rings is 1. The molecule has 2 saturated heterocycles. The van der Waals surface area contributed by atoms with E-state index < -0.39 is 53.5 Å². The lowest BCUT2D eigenvalue weighted by atomic mass is 9.71. The fourth-order valence-corrected chi connectivity index (χ4v) is 5.66. The largest absolute Gasteiger partial charge is 0.455 e. The van der Waals surface area contributed by atoms with Crippen LogP contribution in [0.2, 0.25) is 0 Å². The molecule has 2 fully saturated rings. The second-order valence-corrected chi connectivity index (χ2v) is 12.2. The second kappa shape index (κ2) is 11.4. The molecule has 0 radical (unpaired) electrons. The lowest BCUT2D eigenvalue weighted by Gasteiger charge is -2.35. The van der Waals surface area contributed by atoms with Crippen LogP contribution >= 0.6 is 11.3 Å². The van der Waals surface area contributed by atoms with Crippen molar-refractivity contribution in [3.05, 3.63) is 21.9 Å². The first-order valence-electron chi connectivity index (χ1n) is 12.9. The number of aliphatic hydroxyl groups is 2. The van der Waals surface area contributed by atoms with Crippen molar-refractivity contribution in [2.24, 2.45) is 17.3 Å². The predicted octanol–water partition coefficient (Wildman–Crippen LogP) is 4.77. The van der Waals surface area contributed by atoms with Crippen molar-refractivity contribution < 1.29 is 33.7 Å². The lowest BCUT2D eigenvalue weighted by Crippen LogP contribution is -2.46. The quantitative estimate of drug-likeness (QED) is 0.432. The van der Waals surface area contributed by atoms with E-state index in [9.17, 15) is 19.8 Å². The summed E-state index contributed by atoms with van der Waals surface area (Å²) >= 11 is 1.39. The van der Waals surface area contributed by atoms with Gasteiger partial charge in [-0.25, -0.2) is 9.37 Å². The molecule has 0 spiro atoms. The molecule has 202 valence electrons. The highest BCUT2D eigenvalue weighted by Gasteiger charge is 2.53. The van der Waals surface area contributed by atoms with E-state index in [4.69, 9.17) is 9.47 Å². The van der Waals surface area contributed by atoms with Crippen LogP contribution in [0.3, 0.4) is 0 Å². The summed E-state index contributed by atoms with van der Waals surface area (Å²) in [6.45, 7) is 10.7. The van der Waals surface area contributed by atoms with E-state index in [0.717, 1.165) is 11.4 Å². The molecule has 9 heteroatoms. The lowest BCUT2D eigenvalue weighted by molar-refractivity contribution is -0.155. The normalized spacial score (nSPS) is 36.8. The van der Waals surface area contributed by atoms with Crippen molar-refractivity contribution in [3.8, 4) is 0 Å². The molecule has 2 aliphatic rings. The number of halogens is 1. The zero-order valence-corrected chi connectivity index (χ0v) is 22.9. The van der Waals surface area contributed by atoms with Crippen LogP contribution in [0.1, 0.15) is 83.8 Å². The highest BCUT2D eigenvalue weighted by Crippen LogP contribution is 2.45. The van der Waals surface area contributed by atoms with Crippen LogP contribution in [0.15, 0.2) is 11.2 Å². The van der Waals surface area contributed by atoms with Gasteiger partial charge in [0, 0.05) is 17.7 Å². The van der Waals surface area contributed by atoms with Crippen LogP contribution in [0.5, 0.6) is 0 Å². The van der Waals surface area contributed by atoms with E-state index in [1.54, 1.807) is 19.2 Å². The molecule has 1 aromatic rings. The van der Waals surface area contributed by atoms with Crippen molar-refractivity contribution in [1.29, 1.82) is 0 Å². The van der Waals surface area contributed by atoms with E-state index in [1.165, 1.54) is 17.4 Å². The first kappa shape index (κ1) is 28.9. The van der Waals surface area contributed by atoms with Gasteiger partial charge in [-0.15, -0.1) is 11.3 Å². The minimum absolute atomic E-state index is 0.125. The Bertz CT molecular complexity index is 977. The van der Waals surface area contributed by atoms with Crippen molar-refractivity contribution in [3.63, 3.8) is 0 Å². The molecular formula is C27H40FNO6S. The van der Waals surface area contributed by atoms with Crippen LogP contribution in [-0.2, 0) is 19.1 Å². The summed E-state index contributed by atoms with van der Waals surface area (Å²) in [7, 11) is 0. The molecule has 3 rings (SSSR count). The molecular weight excluding hydrogens is 485 g/mol. The number of thiazole rings is 1. The average Bonchev–Trinajstić information content (AvgIpc) is 3.24. The third-order valence-corrected chi connectivity index (χ3v) is 8.69. The van der Waals surface area contributed by atoms with Crippen LogP contribution in [-0.4, -0.2) is 57.0 Å². The molecule has 2 aliphatic heterocycles. The zero-order valence-electron chi connectivity index (χ0n) is 22.1. The van der Waals surface area contributed by atoms with Crippen molar-refractivity contribution in [1.82, 2.24) is 4.98 Å². The number of ether oxygens (including phenoxy) is 2. The highest BCUT2D eigenvalue weighted by molar-refractivity contribution is 7.09. The third kappa shape index (κ3) is 6.60. The number of hydrogen-bond acceptors (Lipinski definition) is 8. The number of esters is 1. The van der Waals surface area contributed by atoms with Crippen LogP contribution in [0.25, 0.3) is 6.08 Å². The summed E-state index contributed by atoms with van der Waals surface area (Å²) in [6, 6.07) is 0. The fraction of sp³-hybridized carbons (Fsp3) is 0.741. The Morgan fingerprint density at radius 1 is 1.31 bits per heavy atom.